The van der Waals surface area contributed by atoms with E-state index >= 15 is 0 Å². The zero-order chi connectivity index (χ0) is 18.2. The first-order valence-corrected chi connectivity index (χ1v) is 9.49. The second-order valence-corrected chi connectivity index (χ2v) is 6.00. The minimum absolute atomic E-state index is 0.248. The second-order valence-electron chi connectivity index (χ2n) is 6.00. The highest BCUT2D eigenvalue weighted by Crippen LogP contribution is 2.16. The van der Waals surface area contributed by atoms with E-state index in [1.165, 1.54) is 0 Å². The summed E-state index contributed by atoms with van der Waals surface area (Å²) in [6, 6.07) is 6.76. The van der Waals surface area contributed by atoms with Crippen molar-refractivity contribution in [2.75, 3.05) is 33.0 Å². The van der Waals surface area contributed by atoms with E-state index in [1.807, 2.05) is 0 Å². The summed E-state index contributed by atoms with van der Waals surface area (Å²) in [5.41, 5.74) is 0. The minimum Gasteiger partial charge on any atom is -0.508 e. The third-order valence-corrected chi connectivity index (χ3v) is 3.65. The fraction of sp³-hybridized carbons (Fsp3) is 0.700. The Balaban J connectivity index is 2.06. The van der Waals surface area contributed by atoms with E-state index < -0.39 is 0 Å². The Labute approximate surface area is 152 Å². The van der Waals surface area contributed by atoms with Gasteiger partial charge < -0.3 is 24.1 Å². The molecule has 0 unspecified atom stereocenters. The van der Waals surface area contributed by atoms with Gasteiger partial charge in [-0.25, -0.2) is 0 Å². The zero-order valence-corrected chi connectivity index (χ0v) is 15.7. The molecule has 0 saturated heterocycles. The van der Waals surface area contributed by atoms with Crippen LogP contribution in [0, 0.1) is 0 Å². The van der Waals surface area contributed by atoms with Gasteiger partial charge in [0, 0.05) is 19.8 Å². The summed E-state index contributed by atoms with van der Waals surface area (Å²) in [5.74, 6) is 1.02. The first-order chi connectivity index (χ1) is 12.3. The number of unbranched alkanes of at least 4 members (excludes halogenated alkanes) is 3. The van der Waals surface area contributed by atoms with Crippen LogP contribution >= 0.6 is 0 Å². The van der Waals surface area contributed by atoms with Crippen LogP contribution in [0.25, 0.3) is 0 Å². The highest BCUT2D eigenvalue weighted by Gasteiger charge is 2.09. The van der Waals surface area contributed by atoms with Crippen LogP contribution in [0.5, 0.6) is 11.5 Å². The Hall–Kier alpha value is -1.30. The molecular weight excluding hydrogens is 320 g/mol. The molecular formula is C20H34O5. The van der Waals surface area contributed by atoms with Gasteiger partial charge in [0.1, 0.15) is 11.5 Å². The molecule has 0 aliphatic rings. The number of hydrogen-bond donors (Lipinski definition) is 1. The second kappa shape index (κ2) is 15.0. The van der Waals surface area contributed by atoms with E-state index in [0.717, 1.165) is 57.5 Å². The SMILES string of the molecule is CCCCOC(COCCCCOc1ccc(O)cc1)OCCCC. The van der Waals surface area contributed by atoms with Gasteiger partial charge in [-0.05, 0) is 49.9 Å². The van der Waals surface area contributed by atoms with E-state index in [-0.39, 0.29) is 12.0 Å². The quantitative estimate of drug-likeness (QED) is 0.349. The molecule has 0 fully saturated rings. The van der Waals surface area contributed by atoms with Crippen molar-refractivity contribution < 1.29 is 24.1 Å². The van der Waals surface area contributed by atoms with Crippen LogP contribution in [0.1, 0.15) is 52.4 Å². The predicted molar refractivity (Wildman–Crippen MR) is 99.2 cm³/mol. The number of aromatic hydroxyl groups is 1. The molecule has 0 spiro atoms. The van der Waals surface area contributed by atoms with Crippen LogP contribution in [0.3, 0.4) is 0 Å². The van der Waals surface area contributed by atoms with Gasteiger partial charge in [0.2, 0.25) is 0 Å². The third kappa shape index (κ3) is 11.8. The maximum Gasteiger partial charge on any atom is 0.180 e. The lowest BCUT2D eigenvalue weighted by atomic mass is 10.3. The number of phenols is 1. The largest absolute Gasteiger partial charge is 0.508 e. The fourth-order valence-electron chi connectivity index (χ4n) is 2.08. The summed E-state index contributed by atoms with van der Waals surface area (Å²) in [4.78, 5) is 0. The third-order valence-electron chi connectivity index (χ3n) is 3.65. The Morgan fingerprint density at radius 1 is 0.800 bits per heavy atom. The summed E-state index contributed by atoms with van der Waals surface area (Å²) < 4.78 is 22.8. The molecule has 144 valence electrons. The minimum atomic E-state index is -0.258. The average Bonchev–Trinajstić information content (AvgIpc) is 2.62. The predicted octanol–water partition coefficient (Wildman–Crippen LogP) is 4.53. The summed E-state index contributed by atoms with van der Waals surface area (Å²) in [7, 11) is 0. The molecule has 25 heavy (non-hydrogen) atoms. The van der Waals surface area contributed by atoms with Gasteiger partial charge in [-0.2, -0.15) is 0 Å². The highest BCUT2D eigenvalue weighted by molar-refractivity contribution is 5.29. The van der Waals surface area contributed by atoms with E-state index in [4.69, 9.17) is 18.9 Å². The molecule has 1 N–H and O–H groups in total. The molecule has 0 radical (unpaired) electrons. The monoisotopic (exact) mass is 354 g/mol. The standard InChI is InChI=1S/C20H34O5/c1-3-5-14-24-20(25-15-6-4-2)17-22-13-7-8-16-23-19-11-9-18(21)10-12-19/h9-12,20-21H,3-8,13-17H2,1-2H3. The van der Waals surface area contributed by atoms with Crippen LogP contribution < -0.4 is 4.74 Å². The molecule has 1 aromatic carbocycles. The number of ether oxygens (including phenoxy) is 4. The maximum absolute atomic E-state index is 9.21. The highest BCUT2D eigenvalue weighted by atomic mass is 16.7. The van der Waals surface area contributed by atoms with Crippen molar-refractivity contribution in [3.05, 3.63) is 24.3 Å². The summed E-state index contributed by atoms with van der Waals surface area (Å²) >= 11 is 0. The number of rotatable bonds is 16. The number of phenolic OH excluding ortho intramolecular Hbond substituents is 1. The van der Waals surface area contributed by atoms with E-state index in [9.17, 15) is 5.11 Å². The Bertz CT molecular complexity index is 397. The van der Waals surface area contributed by atoms with Crippen LogP contribution in [-0.4, -0.2) is 44.4 Å². The molecule has 0 bridgehead atoms. The van der Waals surface area contributed by atoms with Crippen molar-refractivity contribution in [3.63, 3.8) is 0 Å². The lowest BCUT2D eigenvalue weighted by Crippen LogP contribution is -2.25. The molecule has 0 aromatic heterocycles. The van der Waals surface area contributed by atoms with Gasteiger partial charge in [-0.1, -0.05) is 26.7 Å². The Kier molecular flexibility index (Phi) is 13.0. The van der Waals surface area contributed by atoms with Gasteiger partial charge >= 0.3 is 0 Å². The molecule has 0 atom stereocenters. The van der Waals surface area contributed by atoms with Crippen molar-refractivity contribution in [1.29, 1.82) is 0 Å². The lowest BCUT2D eigenvalue weighted by molar-refractivity contribution is -0.173. The number of benzene rings is 1. The van der Waals surface area contributed by atoms with E-state index in [0.29, 0.717) is 19.8 Å². The normalized spacial score (nSPS) is 11.2. The molecule has 0 heterocycles. The van der Waals surface area contributed by atoms with Gasteiger partial charge in [0.05, 0.1) is 13.2 Å². The van der Waals surface area contributed by atoms with Crippen molar-refractivity contribution in [2.45, 2.75) is 58.7 Å². The summed E-state index contributed by atoms with van der Waals surface area (Å²) in [6.07, 6.45) is 5.90. The molecule has 0 aliphatic carbocycles. The smallest absolute Gasteiger partial charge is 0.180 e. The molecule has 5 heteroatoms. The first-order valence-electron chi connectivity index (χ1n) is 9.49. The van der Waals surface area contributed by atoms with Gasteiger partial charge in [0.25, 0.3) is 0 Å². The molecule has 0 saturated carbocycles. The van der Waals surface area contributed by atoms with Crippen LogP contribution in [0.4, 0.5) is 0 Å². The van der Waals surface area contributed by atoms with Crippen LogP contribution in [0.15, 0.2) is 24.3 Å². The Morgan fingerprint density at radius 2 is 1.40 bits per heavy atom. The van der Waals surface area contributed by atoms with Crippen molar-refractivity contribution >= 4 is 0 Å². The van der Waals surface area contributed by atoms with Crippen molar-refractivity contribution in [1.82, 2.24) is 0 Å². The summed E-state index contributed by atoms with van der Waals surface area (Å²) in [6.45, 7) is 7.52. The summed E-state index contributed by atoms with van der Waals surface area (Å²) in [5, 5.41) is 9.21. The Morgan fingerprint density at radius 3 is 2.00 bits per heavy atom. The fourth-order valence-corrected chi connectivity index (χ4v) is 2.08. The lowest BCUT2D eigenvalue weighted by Gasteiger charge is -2.18. The first kappa shape index (κ1) is 21.7. The van der Waals surface area contributed by atoms with Crippen molar-refractivity contribution in [2.24, 2.45) is 0 Å². The van der Waals surface area contributed by atoms with Crippen molar-refractivity contribution in [3.8, 4) is 11.5 Å². The average molecular weight is 354 g/mol. The molecule has 5 nitrogen and oxygen atoms in total. The molecule has 1 aromatic rings. The van der Waals surface area contributed by atoms with Crippen LogP contribution in [-0.2, 0) is 14.2 Å². The molecule has 0 aliphatic heterocycles. The molecule has 0 amide bonds. The van der Waals surface area contributed by atoms with Gasteiger partial charge in [-0.3, -0.25) is 0 Å². The zero-order valence-electron chi connectivity index (χ0n) is 15.7. The van der Waals surface area contributed by atoms with E-state index in [2.05, 4.69) is 13.8 Å². The van der Waals surface area contributed by atoms with Gasteiger partial charge in [-0.15, -0.1) is 0 Å². The van der Waals surface area contributed by atoms with Crippen LogP contribution in [0.2, 0.25) is 0 Å². The number of hydrogen-bond acceptors (Lipinski definition) is 5. The van der Waals surface area contributed by atoms with E-state index in [1.54, 1.807) is 24.3 Å². The van der Waals surface area contributed by atoms with Gasteiger partial charge in [0.15, 0.2) is 6.29 Å². The maximum atomic E-state index is 9.21. The topological polar surface area (TPSA) is 57.2 Å². The molecule has 1 rings (SSSR count).